The van der Waals surface area contributed by atoms with Gasteiger partial charge in [-0.15, -0.1) is 10.2 Å². The summed E-state index contributed by atoms with van der Waals surface area (Å²) in [7, 11) is -3.33. The third kappa shape index (κ3) is 2.40. The summed E-state index contributed by atoms with van der Waals surface area (Å²) in [4.78, 5) is 0. The van der Waals surface area contributed by atoms with E-state index in [1.54, 1.807) is 12.1 Å². The van der Waals surface area contributed by atoms with Gasteiger partial charge in [0.15, 0.2) is 0 Å². The summed E-state index contributed by atoms with van der Waals surface area (Å²) in [5, 5.41) is 7.08. The summed E-state index contributed by atoms with van der Waals surface area (Å²) in [6.07, 6.45) is 0. The Morgan fingerprint density at radius 3 is 2.53 bits per heavy atom. The van der Waals surface area contributed by atoms with Gasteiger partial charge in [0.2, 0.25) is 14.2 Å². The lowest BCUT2D eigenvalue weighted by atomic mass is 10.2. The Kier molecular flexibility index (Phi) is 2.79. The van der Waals surface area contributed by atoms with Crippen LogP contribution >= 0.6 is 11.3 Å². The van der Waals surface area contributed by atoms with E-state index in [9.17, 15) is 8.42 Å². The minimum absolute atomic E-state index is 0.0248. The number of rotatable bonds is 3. The molecule has 0 spiro atoms. The summed E-state index contributed by atoms with van der Waals surface area (Å²) in [5.74, 6) is -0.0248. The van der Waals surface area contributed by atoms with Crippen LogP contribution in [0.4, 0.5) is 0 Å². The normalized spacial score (nSPS) is 11.5. The molecule has 78 valence electrons. The number of hydrogen-bond donors (Lipinski definition) is 0. The number of hydrogen-bond acceptors (Lipinski definition) is 5. The smallest absolute Gasteiger partial charge is 0.221 e. The quantitative estimate of drug-likeness (QED) is 0.816. The molecule has 0 aliphatic heterocycles. The third-order valence-corrected chi connectivity index (χ3v) is 4.67. The van der Waals surface area contributed by atoms with E-state index in [2.05, 4.69) is 10.2 Å². The van der Waals surface area contributed by atoms with Crippen molar-refractivity contribution < 1.29 is 8.42 Å². The van der Waals surface area contributed by atoms with Crippen LogP contribution in [0.3, 0.4) is 0 Å². The van der Waals surface area contributed by atoms with E-state index >= 15 is 0 Å². The maximum Gasteiger partial charge on any atom is 0.232 e. The number of nitrogens with zero attached hydrogens (tertiary/aromatic N) is 2. The van der Waals surface area contributed by atoms with Gasteiger partial charge in [-0.05, 0) is 5.56 Å². The van der Waals surface area contributed by atoms with Gasteiger partial charge in [-0.3, -0.25) is 0 Å². The second kappa shape index (κ2) is 4.08. The molecule has 0 unspecified atom stereocenters. The van der Waals surface area contributed by atoms with Gasteiger partial charge in [0.1, 0.15) is 5.51 Å². The number of benzene rings is 1. The molecule has 2 aromatic rings. The lowest BCUT2D eigenvalue weighted by molar-refractivity contribution is 0.593. The fourth-order valence-electron chi connectivity index (χ4n) is 1.15. The second-order valence-corrected chi connectivity index (χ2v) is 5.95. The van der Waals surface area contributed by atoms with Crippen molar-refractivity contribution in [3.05, 3.63) is 41.4 Å². The maximum atomic E-state index is 11.8. The predicted octanol–water partition coefficient (Wildman–Crippen LogP) is 1.51. The first-order valence-electron chi connectivity index (χ1n) is 4.21. The zero-order valence-electron chi connectivity index (χ0n) is 7.70. The first-order chi connectivity index (χ1) is 7.18. The van der Waals surface area contributed by atoms with E-state index in [4.69, 9.17) is 0 Å². The molecule has 0 radical (unpaired) electrons. The summed E-state index contributed by atoms with van der Waals surface area (Å²) < 4.78 is 23.6. The van der Waals surface area contributed by atoms with Gasteiger partial charge in [-0.25, -0.2) is 8.42 Å². The van der Waals surface area contributed by atoms with Crippen molar-refractivity contribution >= 4 is 21.2 Å². The molecule has 0 saturated heterocycles. The molecule has 15 heavy (non-hydrogen) atoms. The van der Waals surface area contributed by atoms with E-state index in [1.165, 1.54) is 5.51 Å². The van der Waals surface area contributed by atoms with E-state index < -0.39 is 9.84 Å². The molecular weight excluding hydrogens is 232 g/mol. The van der Waals surface area contributed by atoms with Crippen LogP contribution in [0, 0.1) is 0 Å². The van der Waals surface area contributed by atoms with Gasteiger partial charge in [0, 0.05) is 0 Å². The molecule has 6 heteroatoms. The molecule has 0 aliphatic carbocycles. The topological polar surface area (TPSA) is 59.9 Å². The summed E-state index contributed by atoms with van der Waals surface area (Å²) in [5.41, 5.74) is 2.17. The molecule has 0 atom stereocenters. The van der Waals surface area contributed by atoms with Crippen molar-refractivity contribution in [2.75, 3.05) is 0 Å². The Balaban J connectivity index is 2.27. The van der Waals surface area contributed by atoms with Crippen molar-refractivity contribution in [2.45, 2.75) is 10.1 Å². The lowest BCUT2D eigenvalue weighted by Crippen LogP contribution is -2.04. The lowest BCUT2D eigenvalue weighted by Gasteiger charge is -1.99. The summed E-state index contributed by atoms with van der Waals surface area (Å²) >= 11 is 1.04. The molecule has 1 aromatic heterocycles. The van der Waals surface area contributed by atoms with Gasteiger partial charge in [0.05, 0.1) is 5.75 Å². The van der Waals surface area contributed by atoms with Crippen molar-refractivity contribution in [1.82, 2.24) is 10.2 Å². The Morgan fingerprint density at radius 1 is 1.20 bits per heavy atom. The van der Waals surface area contributed by atoms with Crippen molar-refractivity contribution in [3.8, 4) is 0 Å². The molecule has 1 aromatic carbocycles. The zero-order valence-corrected chi connectivity index (χ0v) is 9.33. The molecule has 0 bridgehead atoms. The Labute approximate surface area is 91.5 Å². The minimum atomic E-state index is -3.33. The fraction of sp³-hybridized carbons (Fsp3) is 0.111. The van der Waals surface area contributed by atoms with E-state index in [1.807, 2.05) is 18.2 Å². The molecule has 4 nitrogen and oxygen atoms in total. The molecule has 1 heterocycles. The first-order valence-corrected chi connectivity index (χ1v) is 6.74. The third-order valence-electron chi connectivity index (χ3n) is 1.81. The Hall–Kier alpha value is -1.27. The van der Waals surface area contributed by atoms with E-state index in [0.29, 0.717) is 0 Å². The van der Waals surface area contributed by atoms with Crippen LogP contribution in [0.15, 0.2) is 40.2 Å². The highest BCUT2D eigenvalue weighted by Crippen LogP contribution is 2.16. The molecular formula is C9H8N2O2S2. The van der Waals surface area contributed by atoms with Crippen LogP contribution in [0.2, 0.25) is 0 Å². The predicted molar refractivity (Wildman–Crippen MR) is 57.2 cm³/mol. The molecule has 0 amide bonds. The highest BCUT2D eigenvalue weighted by atomic mass is 32.2. The Morgan fingerprint density at radius 2 is 1.93 bits per heavy atom. The SMILES string of the molecule is O=S(=O)(Cc1ccccc1)c1nncs1. The van der Waals surface area contributed by atoms with Crippen LogP contribution in [-0.2, 0) is 15.6 Å². The van der Waals surface area contributed by atoms with Gasteiger partial charge >= 0.3 is 0 Å². The van der Waals surface area contributed by atoms with Crippen molar-refractivity contribution in [2.24, 2.45) is 0 Å². The molecule has 2 rings (SSSR count). The summed E-state index contributed by atoms with van der Waals surface area (Å²) in [6.45, 7) is 0. The van der Waals surface area contributed by atoms with Crippen LogP contribution in [0.1, 0.15) is 5.56 Å². The van der Waals surface area contributed by atoms with Crippen molar-refractivity contribution in [1.29, 1.82) is 0 Å². The molecule has 0 N–H and O–H groups in total. The summed E-state index contributed by atoms with van der Waals surface area (Å²) in [6, 6.07) is 9.02. The van der Waals surface area contributed by atoms with Crippen molar-refractivity contribution in [3.63, 3.8) is 0 Å². The molecule has 0 saturated carbocycles. The van der Waals surface area contributed by atoms with Crippen LogP contribution in [-0.4, -0.2) is 18.6 Å². The molecule has 0 aliphatic rings. The number of sulfone groups is 1. The fourth-order valence-corrected chi connectivity index (χ4v) is 3.25. The van der Waals surface area contributed by atoms with Gasteiger partial charge in [0.25, 0.3) is 0 Å². The first kappa shape index (κ1) is 10.3. The van der Waals surface area contributed by atoms with Crippen LogP contribution < -0.4 is 0 Å². The average Bonchev–Trinajstić information content (AvgIpc) is 2.71. The standard InChI is InChI=1S/C9H8N2O2S2/c12-15(13,9-11-10-7-14-9)6-8-4-2-1-3-5-8/h1-5,7H,6H2. The van der Waals surface area contributed by atoms with E-state index in [-0.39, 0.29) is 10.1 Å². The van der Waals surface area contributed by atoms with Gasteiger partial charge in [-0.1, -0.05) is 41.7 Å². The largest absolute Gasteiger partial charge is 0.232 e. The maximum absolute atomic E-state index is 11.8. The van der Waals surface area contributed by atoms with Gasteiger partial charge in [-0.2, -0.15) is 0 Å². The number of aromatic nitrogens is 2. The molecule has 0 fully saturated rings. The van der Waals surface area contributed by atoms with Crippen LogP contribution in [0.25, 0.3) is 0 Å². The van der Waals surface area contributed by atoms with E-state index in [0.717, 1.165) is 16.9 Å². The minimum Gasteiger partial charge on any atom is -0.221 e. The monoisotopic (exact) mass is 240 g/mol. The average molecular weight is 240 g/mol. The highest BCUT2D eigenvalue weighted by molar-refractivity contribution is 7.92. The highest BCUT2D eigenvalue weighted by Gasteiger charge is 2.18. The van der Waals surface area contributed by atoms with Gasteiger partial charge < -0.3 is 0 Å². The Bertz CT molecular complexity index is 521. The second-order valence-electron chi connectivity index (χ2n) is 2.95. The van der Waals surface area contributed by atoms with Crippen LogP contribution in [0.5, 0.6) is 0 Å². The zero-order chi connectivity index (χ0) is 10.7.